The van der Waals surface area contributed by atoms with Gasteiger partial charge in [-0.05, 0) is 74.4 Å². The number of aromatic carboxylic acids is 1. The van der Waals surface area contributed by atoms with E-state index < -0.39 is 16.0 Å². The van der Waals surface area contributed by atoms with E-state index in [9.17, 15) is 23.1 Å². The zero-order valence-electron chi connectivity index (χ0n) is 21.3. The van der Waals surface area contributed by atoms with Gasteiger partial charge in [0.2, 0.25) is 21.8 Å². The smallest absolute Gasteiger partial charge is 0.356 e. The maximum absolute atomic E-state index is 13.5. The van der Waals surface area contributed by atoms with Gasteiger partial charge in [-0.25, -0.2) is 17.9 Å². The molecule has 1 aliphatic rings. The van der Waals surface area contributed by atoms with Crippen molar-refractivity contribution in [1.82, 2.24) is 14.5 Å². The Morgan fingerprint density at radius 2 is 1.93 bits per heavy atom. The summed E-state index contributed by atoms with van der Waals surface area (Å²) in [6.45, 7) is 1.38. The molecule has 0 aliphatic heterocycles. The maximum atomic E-state index is 13.5. The first-order valence-corrected chi connectivity index (χ1v) is 14.2. The average Bonchev–Trinajstić information content (AvgIpc) is 3.51. The molecular weight excluding hydrogens is 560 g/mol. The first-order chi connectivity index (χ1) is 19.1. The van der Waals surface area contributed by atoms with E-state index in [1.165, 1.54) is 36.1 Å². The molecule has 11 nitrogen and oxygen atoms in total. The van der Waals surface area contributed by atoms with Crippen LogP contribution in [0.25, 0.3) is 5.69 Å². The Balaban J connectivity index is 1.55. The third-order valence-electron chi connectivity index (χ3n) is 6.54. The van der Waals surface area contributed by atoms with Crippen molar-refractivity contribution in [1.29, 1.82) is 0 Å². The summed E-state index contributed by atoms with van der Waals surface area (Å²) in [5, 5.41) is 17.1. The molecule has 0 bridgehead atoms. The van der Waals surface area contributed by atoms with Crippen molar-refractivity contribution >= 4 is 39.2 Å². The highest BCUT2D eigenvalue weighted by Crippen LogP contribution is 2.36. The van der Waals surface area contributed by atoms with E-state index >= 15 is 0 Å². The van der Waals surface area contributed by atoms with Crippen LogP contribution in [0.1, 0.15) is 41.1 Å². The number of ether oxygens (including phenoxy) is 1. The number of hydrogen-bond acceptors (Lipinski definition) is 7. The molecule has 2 aromatic carbocycles. The van der Waals surface area contributed by atoms with E-state index in [0.29, 0.717) is 16.5 Å². The highest BCUT2D eigenvalue weighted by atomic mass is 35.5. The standard InChI is InChI=1S/C27H25ClN4O7S/c1-16-24(27(34)35)31-32(20-10-7-18(28)8-11-20)26(16)39-22-12-9-19(30-25(33)17-4-2-5-17)14-23(22)40(36,37)29-15-21-6-3-13-38-21/h3,6-14,17,29H,2,4-5,15H2,1H3,(H,30,33)(H,34,35). The van der Waals surface area contributed by atoms with Crippen LogP contribution in [0.5, 0.6) is 11.6 Å². The molecule has 2 aromatic heterocycles. The van der Waals surface area contributed by atoms with Crippen LogP contribution in [0.3, 0.4) is 0 Å². The van der Waals surface area contributed by atoms with Crippen molar-refractivity contribution in [2.24, 2.45) is 5.92 Å². The van der Waals surface area contributed by atoms with Crippen molar-refractivity contribution < 1.29 is 32.3 Å². The number of carboxylic acid groups (broad SMARTS) is 1. The summed E-state index contributed by atoms with van der Waals surface area (Å²) in [7, 11) is -4.21. The number of hydrogen-bond donors (Lipinski definition) is 3. The number of amides is 1. The number of carboxylic acids is 1. The largest absolute Gasteiger partial charge is 0.476 e. The van der Waals surface area contributed by atoms with Gasteiger partial charge in [0.05, 0.1) is 18.5 Å². The van der Waals surface area contributed by atoms with Crippen LogP contribution >= 0.6 is 11.6 Å². The Hall–Kier alpha value is -4.13. The van der Waals surface area contributed by atoms with Crippen LogP contribution in [-0.2, 0) is 21.4 Å². The molecule has 0 spiro atoms. The molecule has 1 fully saturated rings. The quantitative estimate of drug-likeness (QED) is 0.232. The Bertz CT molecular complexity index is 1660. The molecule has 1 aliphatic carbocycles. The maximum Gasteiger partial charge on any atom is 0.356 e. The summed E-state index contributed by atoms with van der Waals surface area (Å²) in [6, 6.07) is 13.9. The SMILES string of the molecule is Cc1c(C(=O)O)nn(-c2ccc(Cl)cc2)c1Oc1ccc(NC(=O)C2CCC2)cc1S(=O)(=O)NCc1ccco1. The van der Waals surface area contributed by atoms with Gasteiger partial charge in [-0.3, -0.25) is 4.79 Å². The van der Waals surface area contributed by atoms with Crippen LogP contribution in [-0.4, -0.2) is 35.2 Å². The molecule has 208 valence electrons. The molecule has 0 atom stereocenters. The van der Waals surface area contributed by atoms with Gasteiger partial charge >= 0.3 is 5.97 Å². The predicted molar refractivity (Wildman–Crippen MR) is 145 cm³/mol. The van der Waals surface area contributed by atoms with Gasteiger partial charge in [0.15, 0.2) is 5.69 Å². The lowest BCUT2D eigenvalue weighted by Crippen LogP contribution is -2.28. The Kier molecular flexibility index (Phi) is 7.66. The minimum atomic E-state index is -4.21. The fourth-order valence-corrected chi connectivity index (χ4v) is 5.39. The van der Waals surface area contributed by atoms with E-state index in [1.54, 1.807) is 36.4 Å². The van der Waals surface area contributed by atoms with Crippen molar-refractivity contribution in [3.05, 3.63) is 82.9 Å². The van der Waals surface area contributed by atoms with Gasteiger partial charge < -0.3 is 19.6 Å². The van der Waals surface area contributed by atoms with Gasteiger partial charge in [0.25, 0.3) is 0 Å². The van der Waals surface area contributed by atoms with Crippen LogP contribution in [0.2, 0.25) is 5.02 Å². The topological polar surface area (TPSA) is 153 Å². The third-order valence-corrected chi connectivity index (χ3v) is 8.22. The number of halogens is 1. The second-order valence-corrected chi connectivity index (χ2v) is 11.4. The van der Waals surface area contributed by atoms with Gasteiger partial charge in [-0.15, -0.1) is 0 Å². The van der Waals surface area contributed by atoms with Gasteiger partial charge in [0.1, 0.15) is 16.4 Å². The number of rotatable bonds is 10. The van der Waals surface area contributed by atoms with E-state index in [2.05, 4.69) is 15.1 Å². The summed E-state index contributed by atoms with van der Waals surface area (Å²) < 4.78 is 42.0. The van der Waals surface area contributed by atoms with E-state index in [4.69, 9.17) is 20.8 Å². The summed E-state index contributed by atoms with van der Waals surface area (Å²) >= 11 is 6.01. The van der Waals surface area contributed by atoms with Crippen molar-refractivity contribution in [2.75, 3.05) is 5.32 Å². The predicted octanol–water partition coefficient (Wildman–Crippen LogP) is 5.13. The molecule has 4 aromatic rings. The number of carbonyl (C=O) groups excluding carboxylic acids is 1. The first-order valence-electron chi connectivity index (χ1n) is 12.4. The van der Waals surface area contributed by atoms with Gasteiger partial charge in [-0.2, -0.15) is 9.78 Å². The summed E-state index contributed by atoms with van der Waals surface area (Å²) in [5.41, 5.74) is 0.628. The lowest BCUT2D eigenvalue weighted by molar-refractivity contribution is -0.122. The zero-order chi connectivity index (χ0) is 28.4. The fourth-order valence-electron chi connectivity index (χ4n) is 4.12. The number of nitrogens with one attached hydrogen (secondary N) is 2. The van der Waals surface area contributed by atoms with Crippen LogP contribution in [0.15, 0.2) is 70.2 Å². The molecule has 40 heavy (non-hydrogen) atoms. The Labute approximate surface area is 234 Å². The molecule has 1 saturated carbocycles. The van der Waals surface area contributed by atoms with Crippen molar-refractivity contribution in [3.8, 4) is 17.3 Å². The summed E-state index contributed by atoms with van der Waals surface area (Å²) in [6.07, 6.45) is 3.96. The number of furan rings is 1. The lowest BCUT2D eigenvalue weighted by Gasteiger charge is -2.24. The molecule has 0 unspecified atom stereocenters. The molecule has 1 amide bonds. The summed E-state index contributed by atoms with van der Waals surface area (Å²) in [5.74, 6) is -1.30. The summed E-state index contributed by atoms with van der Waals surface area (Å²) in [4.78, 5) is 24.2. The third kappa shape index (κ3) is 5.74. The molecule has 0 radical (unpaired) electrons. The number of carbonyl (C=O) groups is 2. The van der Waals surface area contributed by atoms with Crippen LogP contribution in [0, 0.1) is 12.8 Å². The fraction of sp³-hybridized carbons (Fsp3) is 0.222. The number of benzene rings is 2. The van der Waals surface area contributed by atoms with Gasteiger partial charge in [-0.1, -0.05) is 18.0 Å². The number of anilines is 1. The molecule has 2 heterocycles. The van der Waals surface area contributed by atoms with Crippen molar-refractivity contribution in [3.63, 3.8) is 0 Å². The average molecular weight is 585 g/mol. The second kappa shape index (κ2) is 11.2. The van der Waals surface area contributed by atoms with E-state index in [0.717, 1.165) is 19.3 Å². The minimum absolute atomic E-state index is 0.00605. The highest BCUT2D eigenvalue weighted by molar-refractivity contribution is 7.89. The highest BCUT2D eigenvalue weighted by Gasteiger charge is 2.28. The zero-order valence-corrected chi connectivity index (χ0v) is 22.8. The normalized spacial score (nSPS) is 13.6. The lowest BCUT2D eigenvalue weighted by atomic mass is 9.85. The van der Waals surface area contributed by atoms with E-state index in [1.807, 2.05) is 0 Å². The first kappa shape index (κ1) is 27.4. The van der Waals surface area contributed by atoms with Crippen LogP contribution < -0.4 is 14.8 Å². The number of aromatic nitrogens is 2. The number of nitrogens with zero attached hydrogens (tertiary/aromatic N) is 2. The second-order valence-electron chi connectivity index (χ2n) is 9.26. The Morgan fingerprint density at radius 3 is 2.55 bits per heavy atom. The van der Waals surface area contributed by atoms with Crippen LogP contribution in [0.4, 0.5) is 5.69 Å². The molecule has 13 heteroatoms. The molecule has 5 rings (SSSR count). The number of sulfonamides is 1. The molecular formula is C27H25ClN4O7S. The van der Waals surface area contributed by atoms with Gasteiger partial charge in [0, 0.05) is 22.2 Å². The van der Waals surface area contributed by atoms with E-state index in [-0.39, 0.29) is 51.8 Å². The minimum Gasteiger partial charge on any atom is -0.476 e. The Morgan fingerprint density at radius 1 is 1.18 bits per heavy atom. The van der Waals surface area contributed by atoms with Crippen molar-refractivity contribution in [2.45, 2.75) is 37.6 Å². The molecule has 3 N–H and O–H groups in total. The monoisotopic (exact) mass is 584 g/mol. The molecule has 0 saturated heterocycles.